The molecule has 0 aliphatic carbocycles. The largest absolute Gasteiger partial charge is 0.444 e. The molecule has 5 heteroatoms. The number of amidine groups is 1. The van der Waals surface area contributed by atoms with Gasteiger partial charge < -0.3 is 10.1 Å². The summed E-state index contributed by atoms with van der Waals surface area (Å²) in [5.41, 5.74) is -0.439. The lowest BCUT2D eigenvalue weighted by Crippen LogP contribution is -2.51. The van der Waals surface area contributed by atoms with Crippen molar-refractivity contribution in [1.29, 1.82) is 0 Å². The van der Waals surface area contributed by atoms with Crippen molar-refractivity contribution in [1.82, 2.24) is 10.2 Å². The van der Waals surface area contributed by atoms with E-state index in [9.17, 15) is 4.79 Å². The molecule has 1 aliphatic heterocycles. The Labute approximate surface area is 90.5 Å². The van der Waals surface area contributed by atoms with Crippen molar-refractivity contribution in [3.8, 4) is 0 Å². The van der Waals surface area contributed by atoms with Gasteiger partial charge in [-0.15, -0.1) is 0 Å². The molecule has 0 bridgehead atoms. The van der Waals surface area contributed by atoms with Crippen LogP contribution in [0.3, 0.4) is 0 Å². The average molecular weight is 213 g/mol. The number of nitrogens with one attached hydrogen (secondary N) is 1. The second kappa shape index (κ2) is 4.51. The van der Waals surface area contributed by atoms with E-state index in [1.54, 1.807) is 11.9 Å². The van der Waals surface area contributed by atoms with Crippen molar-refractivity contribution in [3.63, 3.8) is 0 Å². The third kappa shape index (κ3) is 3.77. The van der Waals surface area contributed by atoms with E-state index >= 15 is 0 Å². The number of piperazine rings is 1. The van der Waals surface area contributed by atoms with E-state index in [4.69, 9.17) is 4.74 Å². The number of carbonyl (C=O) groups is 1. The Bertz CT molecular complexity index is 268. The summed E-state index contributed by atoms with van der Waals surface area (Å²) in [6.45, 7) is 7.48. The fraction of sp³-hybridized carbons (Fsp3) is 0.800. The Morgan fingerprint density at radius 3 is 2.73 bits per heavy atom. The lowest BCUT2D eigenvalue weighted by Gasteiger charge is -2.31. The summed E-state index contributed by atoms with van der Waals surface area (Å²) < 4.78 is 5.27. The number of amides is 1. The maximum atomic E-state index is 11.7. The van der Waals surface area contributed by atoms with Gasteiger partial charge in [-0.2, -0.15) is 0 Å². The number of hydrogen-bond acceptors (Lipinski definition) is 3. The van der Waals surface area contributed by atoms with Crippen molar-refractivity contribution < 1.29 is 9.53 Å². The number of ether oxygens (including phenoxy) is 1. The molecule has 1 fully saturated rings. The molecule has 1 saturated heterocycles. The second-order valence-corrected chi connectivity index (χ2v) is 4.50. The molecule has 86 valence electrons. The van der Waals surface area contributed by atoms with E-state index in [0.29, 0.717) is 13.1 Å². The van der Waals surface area contributed by atoms with Crippen LogP contribution in [0.1, 0.15) is 20.8 Å². The Kier molecular flexibility index (Phi) is 3.55. The van der Waals surface area contributed by atoms with E-state index in [-0.39, 0.29) is 6.09 Å². The summed E-state index contributed by atoms with van der Waals surface area (Å²) in [7, 11) is 1.71. The van der Waals surface area contributed by atoms with Crippen molar-refractivity contribution >= 4 is 11.9 Å². The van der Waals surface area contributed by atoms with Gasteiger partial charge in [-0.05, 0) is 20.8 Å². The monoisotopic (exact) mass is 213 g/mol. The smallest absolute Gasteiger partial charge is 0.410 e. The number of rotatable bonds is 0. The van der Waals surface area contributed by atoms with E-state index in [1.165, 1.54) is 0 Å². The van der Waals surface area contributed by atoms with Crippen LogP contribution >= 0.6 is 0 Å². The van der Waals surface area contributed by atoms with Crippen LogP contribution in [-0.2, 0) is 4.74 Å². The topological polar surface area (TPSA) is 53.9 Å². The minimum Gasteiger partial charge on any atom is -0.444 e. The maximum Gasteiger partial charge on any atom is 0.410 e. The minimum atomic E-state index is -0.439. The second-order valence-electron chi connectivity index (χ2n) is 4.50. The van der Waals surface area contributed by atoms with Crippen LogP contribution < -0.4 is 5.32 Å². The summed E-state index contributed by atoms with van der Waals surface area (Å²) >= 11 is 0. The van der Waals surface area contributed by atoms with Gasteiger partial charge in [0.15, 0.2) is 0 Å². The van der Waals surface area contributed by atoms with Crippen molar-refractivity contribution in [3.05, 3.63) is 0 Å². The van der Waals surface area contributed by atoms with Crippen LogP contribution in [-0.4, -0.2) is 49.1 Å². The van der Waals surface area contributed by atoms with Gasteiger partial charge >= 0.3 is 6.09 Å². The predicted molar refractivity (Wildman–Crippen MR) is 59.2 cm³/mol. The fourth-order valence-corrected chi connectivity index (χ4v) is 1.28. The lowest BCUT2D eigenvalue weighted by atomic mass is 10.2. The third-order valence-corrected chi connectivity index (χ3v) is 1.97. The van der Waals surface area contributed by atoms with Crippen LogP contribution in [0.15, 0.2) is 4.99 Å². The van der Waals surface area contributed by atoms with Gasteiger partial charge in [-0.1, -0.05) is 0 Å². The normalized spacial score (nSPS) is 20.0. The molecule has 0 aromatic rings. The molecule has 0 aromatic heterocycles. The summed E-state index contributed by atoms with van der Waals surface area (Å²) in [4.78, 5) is 17.4. The molecule has 1 heterocycles. The van der Waals surface area contributed by atoms with Gasteiger partial charge in [0.25, 0.3) is 0 Å². The SMILES string of the molecule is CN=C1CN(C(=O)OC(C)(C)C)CCN1. The first kappa shape index (κ1) is 11.8. The number of carbonyl (C=O) groups excluding carboxylic acids is 1. The standard InChI is InChI=1S/C10H19N3O2/c1-10(2,3)15-9(14)13-6-5-12-8(7-13)11-4/h5-7H2,1-4H3,(H,11,12). The molecular formula is C10H19N3O2. The molecule has 1 rings (SSSR count). The molecule has 1 aliphatic rings. The van der Waals surface area contributed by atoms with Crippen LogP contribution in [0.4, 0.5) is 4.79 Å². The van der Waals surface area contributed by atoms with Crippen LogP contribution in [0.25, 0.3) is 0 Å². The molecule has 0 saturated carbocycles. The van der Waals surface area contributed by atoms with E-state index in [2.05, 4.69) is 10.3 Å². The summed E-state index contributed by atoms with van der Waals surface area (Å²) in [5, 5.41) is 3.12. The average Bonchev–Trinajstić information content (AvgIpc) is 2.15. The van der Waals surface area contributed by atoms with E-state index < -0.39 is 5.60 Å². The number of nitrogens with zero attached hydrogens (tertiary/aromatic N) is 2. The highest BCUT2D eigenvalue weighted by Crippen LogP contribution is 2.10. The van der Waals surface area contributed by atoms with Gasteiger partial charge in [-0.3, -0.25) is 9.89 Å². The molecule has 5 nitrogen and oxygen atoms in total. The van der Waals surface area contributed by atoms with Crippen molar-refractivity contribution in [2.75, 3.05) is 26.7 Å². The Morgan fingerprint density at radius 1 is 1.53 bits per heavy atom. The summed E-state index contributed by atoms with van der Waals surface area (Å²) in [6, 6.07) is 0. The molecule has 0 radical (unpaired) electrons. The Balaban J connectivity index is 2.53. The first-order valence-electron chi connectivity index (χ1n) is 5.10. The van der Waals surface area contributed by atoms with E-state index in [0.717, 1.165) is 12.4 Å². The highest BCUT2D eigenvalue weighted by molar-refractivity contribution is 5.87. The van der Waals surface area contributed by atoms with Crippen LogP contribution in [0, 0.1) is 0 Å². The summed E-state index contributed by atoms with van der Waals surface area (Å²) in [5.74, 6) is 0.826. The van der Waals surface area contributed by atoms with E-state index in [1.807, 2.05) is 20.8 Å². The molecule has 0 spiro atoms. The summed E-state index contributed by atoms with van der Waals surface area (Å²) in [6.07, 6.45) is -0.273. The number of aliphatic imine (C=N–C) groups is 1. The van der Waals surface area contributed by atoms with Crippen molar-refractivity contribution in [2.24, 2.45) is 4.99 Å². The minimum absolute atomic E-state index is 0.273. The Hall–Kier alpha value is -1.26. The van der Waals surface area contributed by atoms with Gasteiger partial charge in [0, 0.05) is 20.1 Å². The van der Waals surface area contributed by atoms with Gasteiger partial charge in [-0.25, -0.2) is 4.79 Å². The third-order valence-electron chi connectivity index (χ3n) is 1.97. The molecule has 0 atom stereocenters. The highest BCUT2D eigenvalue weighted by Gasteiger charge is 2.24. The molecule has 1 N–H and O–H groups in total. The highest BCUT2D eigenvalue weighted by atomic mass is 16.6. The molecule has 0 aromatic carbocycles. The molecule has 15 heavy (non-hydrogen) atoms. The molecule has 1 amide bonds. The predicted octanol–water partition coefficient (Wildman–Crippen LogP) is 0.855. The van der Waals surface area contributed by atoms with Gasteiger partial charge in [0.2, 0.25) is 0 Å². The first-order valence-corrected chi connectivity index (χ1v) is 5.10. The molecule has 0 unspecified atom stereocenters. The van der Waals surface area contributed by atoms with Crippen molar-refractivity contribution in [2.45, 2.75) is 26.4 Å². The maximum absolute atomic E-state index is 11.7. The van der Waals surface area contributed by atoms with Crippen LogP contribution in [0.2, 0.25) is 0 Å². The fourth-order valence-electron chi connectivity index (χ4n) is 1.28. The quantitative estimate of drug-likeness (QED) is 0.649. The zero-order chi connectivity index (χ0) is 11.5. The van der Waals surface area contributed by atoms with Crippen LogP contribution in [0.5, 0.6) is 0 Å². The van der Waals surface area contributed by atoms with Gasteiger partial charge in [0.05, 0.1) is 6.54 Å². The van der Waals surface area contributed by atoms with Gasteiger partial charge in [0.1, 0.15) is 11.4 Å². The lowest BCUT2D eigenvalue weighted by molar-refractivity contribution is 0.0270. The Morgan fingerprint density at radius 2 is 2.20 bits per heavy atom. The molecular weight excluding hydrogens is 194 g/mol. The zero-order valence-corrected chi connectivity index (χ0v) is 9.83. The first-order chi connectivity index (χ1) is 6.92. The number of hydrogen-bond donors (Lipinski definition) is 1. The zero-order valence-electron chi connectivity index (χ0n) is 9.83.